The van der Waals surface area contributed by atoms with Crippen LogP contribution >= 0.6 is 0 Å². The van der Waals surface area contributed by atoms with E-state index in [1.54, 1.807) is 12.1 Å². The molecule has 0 saturated carbocycles. The van der Waals surface area contributed by atoms with Gasteiger partial charge in [-0.2, -0.15) is 13.2 Å². The van der Waals surface area contributed by atoms with Crippen molar-refractivity contribution in [2.75, 3.05) is 31.6 Å². The number of aromatic nitrogens is 2. The number of carbonyl (C=O) groups excluding carboxylic acids is 1. The van der Waals surface area contributed by atoms with Gasteiger partial charge < -0.3 is 20.5 Å². The van der Waals surface area contributed by atoms with Gasteiger partial charge in [0.05, 0.1) is 11.2 Å². The van der Waals surface area contributed by atoms with Gasteiger partial charge in [0.25, 0.3) is 5.91 Å². The van der Waals surface area contributed by atoms with E-state index in [0.717, 1.165) is 31.9 Å². The Morgan fingerprint density at radius 2 is 2.03 bits per heavy atom. The summed E-state index contributed by atoms with van der Waals surface area (Å²) in [5.41, 5.74) is 2.89. The second-order valence-corrected chi connectivity index (χ2v) is 8.11. The monoisotopic (exact) mass is 421 g/mol. The van der Waals surface area contributed by atoms with Gasteiger partial charge in [-0.1, -0.05) is 0 Å². The summed E-state index contributed by atoms with van der Waals surface area (Å²) in [5, 5.41) is 11.7. The number of amides is 1. The number of hydrazine groups is 1. The summed E-state index contributed by atoms with van der Waals surface area (Å²) in [6.07, 6.45) is -2.15. The topological polar surface area (TPSA) is 76.9 Å². The first kappa shape index (κ1) is 19.2. The van der Waals surface area contributed by atoms with Crippen molar-refractivity contribution in [3.8, 4) is 0 Å². The highest BCUT2D eigenvalue weighted by molar-refractivity contribution is 5.95. The molecular formula is C19H22F3N7O. The maximum atomic E-state index is 13.2. The molecule has 5 rings (SSSR count). The van der Waals surface area contributed by atoms with Gasteiger partial charge in [-0.25, -0.2) is 9.94 Å². The number of hydrogen-bond donors (Lipinski definition) is 3. The summed E-state index contributed by atoms with van der Waals surface area (Å²) in [6, 6.07) is 5.55. The number of rotatable bonds is 3. The van der Waals surface area contributed by atoms with E-state index in [2.05, 4.69) is 26.1 Å². The molecule has 11 heteroatoms. The predicted octanol–water partition coefficient (Wildman–Crippen LogP) is 1.08. The third kappa shape index (κ3) is 3.37. The molecule has 0 aliphatic carbocycles. The first-order valence-corrected chi connectivity index (χ1v) is 9.84. The molecule has 2 aromatic rings. The zero-order valence-electron chi connectivity index (χ0n) is 16.3. The average Bonchev–Trinajstić information content (AvgIpc) is 3.37. The summed E-state index contributed by atoms with van der Waals surface area (Å²) in [5.74, 6) is 0.685. The van der Waals surface area contributed by atoms with Gasteiger partial charge in [0.15, 0.2) is 6.04 Å². The lowest BCUT2D eigenvalue weighted by Crippen LogP contribution is -2.47. The fraction of sp³-hybridized carbons (Fsp3) is 0.474. The summed E-state index contributed by atoms with van der Waals surface area (Å²) in [6.45, 7) is 2.73. The highest BCUT2D eigenvalue weighted by Crippen LogP contribution is 2.28. The molecule has 2 bridgehead atoms. The molecule has 8 nitrogen and oxygen atoms in total. The van der Waals surface area contributed by atoms with Crippen LogP contribution in [0, 0.1) is 5.92 Å². The van der Waals surface area contributed by atoms with Crippen molar-refractivity contribution < 1.29 is 18.0 Å². The van der Waals surface area contributed by atoms with Gasteiger partial charge in [-0.05, 0) is 36.6 Å². The van der Waals surface area contributed by atoms with E-state index in [9.17, 15) is 18.0 Å². The van der Waals surface area contributed by atoms with E-state index in [4.69, 9.17) is 0 Å². The van der Waals surface area contributed by atoms with Crippen molar-refractivity contribution in [2.45, 2.75) is 24.7 Å². The molecule has 3 unspecified atom stereocenters. The lowest BCUT2D eigenvalue weighted by molar-refractivity contribution is -0.151. The SMILES string of the molecule is CN1C=C(NC(=O)c2ccc3ccc(N4CC5CNC(C5)C4)nn23)C(C(F)(F)F)N1. The Bertz CT molecular complexity index is 1010. The third-order valence-electron chi connectivity index (χ3n) is 5.84. The molecule has 1 amide bonds. The van der Waals surface area contributed by atoms with E-state index in [-0.39, 0.29) is 11.4 Å². The second-order valence-electron chi connectivity index (χ2n) is 8.11. The Balaban J connectivity index is 1.40. The maximum absolute atomic E-state index is 13.2. The molecule has 3 atom stereocenters. The molecule has 2 aromatic heterocycles. The molecule has 0 aromatic carbocycles. The van der Waals surface area contributed by atoms with Gasteiger partial charge in [-0.15, -0.1) is 5.10 Å². The summed E-state index contributed by atoms with van der Waals surface area (Å²) in [7, 11) is 1.44. The first-order valence-electron chi connectivity index (χ1n) is 9.84. The van der Waals surface area contributed by atoms with Crippen LogP contribution < -0.4 is 21.0 Å². The molecule has 2 fully saturated rings. The normalized spacial score (nSPS) is 26.4. The first-order chi connectivity index (χ1) is 14.3. The number of carbonyl (C=O) groups is 1. The van der Waals surface area contributed by atoms with Gasteiger partial charge >= 0.3 is 6.18 Å². The molecule has 3 N–H and O–H groups in total. The van der Waals surface area contributed by atoms with Crippen molar-refractivity contribution in [1.82, 2.24) is 30.7 Å². The van der Waals surface area contributed by atoms with Gasteiger partial charge in [0.1, 0.15) is 11.5 Å². The lowest BCUT2D eigenvalue weighted by atomic mass is 10.0. The number of nitrogens with zero attached hydrogens (tertiary/aromatic N) is 4. The Kier molecular flexibility index (Phi) is 4.40. The highest BCUT2D eigenvalue weighted by atomic mass is 19.4. The van der Waals surface area contributed by atoms with Crippen LogP contribution in [0.25, 0.3) is 5.52 Å². The van der Waals surface area contributed by atoms with Gasteiger partial charge in [-0.3, -0.25) is 4.79 Å². The van der Waals surface area contributed by atoms with E-state index in [1.165, 1.54) is 22.8 Å². The van der Waals surface area contributed by atoms with Crippen LogP contribution in [0.1, 0.15) is 16.9 Å². The smallest absolute Gasteiger partial charge is 0.353 e. The molecule has 0 spiro atoms. The molecule has 30 heavy (non-hydrogen) atoms. The summed E-state index contributed by atoms with van der Waals surface area (Å²) in [4.78, 5) is 15.0. The molecule has 0 radical (unpaired) electrons. The average molecular weight is 421 g/mol. The molecule has 2 saturated heterocycles. The van der Waals surface area contributed by atoms with Crippen molar-refractivity contribution in [3.63, 3.8) is 0 Å². The Labute approximate surface area is 170 Å². The molecule has 3 aliphatic rings. The van der Waals surface area contributed by atoms with E-state index in [1.807, 2.05) is 12.1 Å². The molecule has 5 heterocycles. The van der Waals surface area contributed by atoms with Crippen LogP contribution in [-0.4, -0.2) is 65.5 Å². The fourth-order valence-corrected chi connectivity index (χ4v) is 4.48. The fourth-order valence-electron chi connectivity index (χ4n) is 4.48. The lowest BCUT2D eigenvalue weighted by Gasteiger charge is -2.31. The minimum Gasteiger partial charge on any atom is -0.353 e. The molecular weight excluding hydrogens is 399 g/mol. The van der Waals surface area contributed by atoms with Gasteiger partial charge in [0.2, 0.25) is 0 Å². The number of anilines is 1. The second kappa shape index (κ2) is 6.88. The maximum Gasteiger partial charge on any atom is 0.411 e. The zero-order chi connectivity index (χ0) is 21.0. The number of fused-ring (bicyclic) bond motifs is 3. The van der Waals surface area contributed by atoms with Crippen molar-refractivity contribution >= 4 is 17.2 Å². The van der Waals surface area contributed by atoms with Crippen LogP contribution in [-0.2, 0) is 0 Å². The number of nitrogens with one attached hydrogen (secondary N) is 3. The minimum atomic E-state index is -4.53. The van der Waals surface area contributed by atoms with Crippen molar-refractivity contribution in [2.24, 2.45) is 5.92 Å². The van der Waals surface area contributed by atoms with Crippen LogP contribution in [0.3, 0.4) is 0 Å². The number of piperidine rings is 1. The number of alkyl halides is 3. The Morgan fingerprint density at radius 3 is 2.80 bits per heavy atom. The van der Waals surface area contributed by atoms with Crippen LogP contribution in [0.5, 0.6) is 0 Å². The molecule has 160 valence electrons. The van der Waals surface area contributed by atoms with Gasteiger partial charge in [0, 0.05) is 38.9 Å². The molecule has 3 aliphatic heterocycles. The Hall–Kier alpha value is -2.79. The summed E-state index contributed by atoms with van der Waals surface area (Å²) < 4.78 is 41.2. The van der Waals surface area contributed by atoms with Crippen LogP contribution in [0.2, 0.25) is 0 Å². The Morgan fingerprint density at radius 1 is 1.23 bits per heavy atom. The highest BCUT2D eigenvalue weighted by Gasteiger charge is 2.46. The van der Waals surface area contributed by atoms with Crippen LogP contribution in [0.15, 0.2) is 36.2 Å². The van der Waals surface area contributed by atoms with E-state index in [0.29, 0.717) is 17.5 Å². The van der Waals surface area contributed by atoms with Crippen molar-refractivity contribution in [1.29, 1.82) is 0 Å². The van der Waals surface area contributed by atoms with Crippen molar-refractivity contribution in [3.05, 3.63) is 41.9 Å². The summed E-state index contributed by atoms with van der Waals surface area (Å²) >= 11 is 0. The van der Waals surface area contributed by atoms with E-state index < -0.39 is 18.1 Å². The number of hydrogen-bond acceptors (Lipinski definition) is 6. The minimum absolute atomic E-state index is 0.182. The predicted molar refractivity (Wildman–Crippen MR) is 104 cm³/mol. The number of halogens is 3. The third-order valence-corrected chi connectivity index (χ3v) is 5.84. The standard InChI is InChI=1S/C19H22F3N7O/c1-27-10-14(17(26-27)19(20,21)22)24-18(30)15-4-2-13-3-5-16(25-29(13)15)28-8-11-6-12(9-28)23-7-11/h2-5,10-12,17,23,26H,6-9H2,1H3,(H,24,30). The zero-order valence-corrected chi connectivity index (χ0v) is 16.3. The van der Waals surface area contributed by atoms with E-state index >= 15 is 0 Å². The quantitative estimate of drug-likeness (QED) is 0.689. The largest absolute Gasteiger partial charge is 0.411 e. The van der Waals surface area contributed by atoms with Crippen LogP contribution in [0.4, 0.5) is 19.0 Å².